The fourth-order valence-electron chi connectivity index (χ4n) is 0.565. The lowest BCUT2D eigenvalue weighted by atomic mass is 10.3. The van der Waals surface area contributed by atoms with E-state index in [1.54, 1.807) is 11.8 Å². The van der Waals surface area contributed by atoms with Gasteiger partial charge >= 0.3 is 0 Å². The smallest absolute Gasteiger partial charge is 0.0372 e. The molecule has 0 aromatic heterocycles. The van der Waals surface area contributed by atoms with Gasteiger partial charge in [-0.2, -0.15) is 0 Å². The van der Waals surface area contributed by atoms with Crippen molar-refractivity contribution < 1.29 is 0 Å². The zero-order valence-electron chi connectivity index (χ0n) is 6.31. The highest BCUT2D eigenvalue weighted by atomic mass is 32.2. The van der Waals surface area contributed by atoms with Crippen molar-refractivity contribution in [1.29, 1.82) is 0 Å². The second kappa shape index (κ2) is 6.13. The summed E-state index contributed by atoms with van der Waals surface area (Å²) in [4.78, 5) is 2.31. The molecule has 3 heteroatoms. The number of thioether (sulfide) groups is 1. The van der Waals surface area contributed by atoms with E-state index in [9.17, 15) is 0 Å². The molecule has 0 amide bonds. The quantitative estimate of drug-likeness (QED) is 0.377. The molecule has 0 aliphatic carbocycles. The van der Waals surface area contributed by atoms with Crippen molar-refractivity contribution >= 4 is 39.1 Å². The first kappa shape index (κ1) is 10.4. The van der Waals surface area contributed by atoms with Gasteiger partial charge in [-0.25, -0.2) is 0 Å². The molecule has 0 aliphatic rings. The molecule has 10 heavy (non-hydrogen) atoms. The highest BCUT2D eigenvalue weighted by Crippen LogP contribution is 2.17. The van der Waals surface area contributed by atoms with Crippen LogP contribution in [0.15, 0.2) is 11.0 Å². The van der Waals surface area contributed by atoms with Crippen molar-refractivity contribution in [2.75, 3.05) is 5.38 Å². The van der Waals surface area contributed by atoms with Gasteiger partial charge in [0.1, 0.15) is 0 Å². The molecule has 0 spiro atoms. The highest BCUT2D eigenvalue weighted by Gasteiger charge is 1.92. The molecule has 0 saturated carbocycles. The van der Waals surface area contributed by atoms with Crippen LogP contribution in [-0.2, 0) is 0 Å². The number of thiocarbonyl (C=S) groups is 1. The second-order valence-electron chi connectivity index (χ2n) is 1.86. The van der Waals surface area contributed by atoms with Gasteiger partial charge in [0.2, 0.25) is 0 Å². The molecular formula is C7H11S2Si. The third-order valence-electron chi connectivity index (χ3n) is 0.970. The Morgan fingerprint density at radius 3 is 2.60 bits per heavy atom. The van der Waals surface area contributed by atoms with Gasteiger partial charge in [0, 0.05) is 15.1 Å². The summed E-state index contributed by atoms with van der Waals surface area (Å²) in [6, 6.07) is 0. The van der Waals surface area contributed by atoms with E-state index < -0.39 is 0 Å². The Morgan fingerprint density at radius 2 is 2.30 bits per heavy atom. The Labute approximate surface area is 75.9 Å². The second-order valence-corrected chi connectivity index (χ2v) is 4.48. The molecule has 0 nitrogen and oxygen atoms in total. The van der Waals surface area contributed by atoms with Crippen molar-refractivity contribution in [3.63, 3.8) is 0 Å². The first-order valence-electron chi connectivity index (χ1n) is 3.19. The average Bonchev–Trinajstić information content (AvgIpc) is 1.86. The Kier molecular flexibility index (Phi) is 6.37. The van der Waals surface area contributed by atoms with Crippen molar-refractivity contribution in [2.45, 2.75) is 20.3 Å². The van der Waals surface area contributed by atoms with Crippen molar-refractivity contribution in [3.8, 4) is 0 Å². The predicted molar refractivity (Wildman–Crippen MR) is 54.9 cm³/mol. The van der Waals surface area contributed by atoms with Crippen LogP contribution in [0.5, 0.6) is 0 Å². The van der Waals surface area contributed by atoms with Crippen LogP contribution in [0.1, 0.15) is 20.3 Å². The van der Waals surface area contributed by atoms with E-state index in [1.165, 1.54) is 4.91 Å². The van der Waals surface area contributed by atoms with Gasteiger partial charge in [-0.05, 0) is 29.7 Å². The van der Waals surface area contributed by atoms with Crippen LogP contribution in [0.2, 0.25) is 0 Å². The Bertz CT molecular complexity index is 141. The molecule has 0 aromatic rings. The predicted octanol–water partition coefficient (Wildman–Crippen LogP) is 2.53. The molecule has 0 bridgehead atoms. The van der Waals surface area contributed by atoms with Gasteiger partial charge in [0.25, 0.3) is 0 Å². The summed E-state index contributed by atoms with van der Waals surface area (Å²) < 4.78 is 0. The normalized spacial score (nSPS) is 11.7. The maximum atomic E-state index is 4.95. The third-order valence-corrected chi connectivity index (χ3v) is 2.44. The molecule has 0 N–H and O–H groups in total. The first-order chi connectivity index (χ1) is 4.70. The molecule has 55 valence electrons. The molecule has 0 rings (SSSR count). The zero-order chi connectivity index (χ0) is 7.98. The maximum Gasteiger partial charge on any atom is 0.0372 e. The van der Waals surface area contributed by atoms with Gasteiger partial charge in [0.15, 0.2) is 0 Å². The van der Waals surface area contributed by atoms with Gasteiger partial charge < -0.3 is 0 Å². The molecule has 0 fully saturated rings. The first-order valence-corrected chi connectivity index (χ1v) is 5.29. The van der Waals surface area contributed by atoms with Crippen LogP contribution in [0.25, 0.3) is 0 Å². The maximum absolute atomic E-state index is 4.95. The van der Waals surface area contributed by atoms with Crippen LogP contribution in [0.3, 0.4) is 0 Å². The minimum absolute atomic E-state index is 0.947. The van der Waals surface area contributed by atoms with Crippen LogP contribution in [0, 0.1) is 0 Å². The molecule has 0 aliphatic heterocycles. The van der Waals surface area contributed by atoms with Crippen molar-refractivity contribution in [3.05, 3.63) is 11.0 Å². The molecule has 3 radical (unpaired) electrons. The molecule has 0 atom stereocenters. The minimum atomic E-state index is 0.947. The topological polar surface area (TPSA) is 0 Å². The number of hydrogen-bond donors (Lipinski definition) is 0. The highest BCUT2D eigenvalue weighted by molar-refractivity contribution is 8.04. The lowest BCUT2D eigenvalue weighted by Crippen LogP contribution is -1.83. The fraction of sp³-hybridized carbons (Fsp3) is 0.571. The van der Waals surface area contributed by atoms with E-state index in [0.29, 0.717) is 0 Å². The monoisotopic (exact) mass is 187 g/mol. The summed E-state index contributed by atoms with van der Waals surface area (Å²) in [6.45, 7) is 4.08. The minimum Gasteiger partial charge on any atom is -0.134 e. The summed E-state index contributed by atoms with van der Waals surface area (Å²) in [5, 5.41) is 0.947. The Hall–Kier alpha value is 0.397. The lowest BCUT2D eigenvalue weighted by Gasteiger charge is -1.99. The van der Waals surface area contributed by atoms with Crippen LogP contribution < -0.4 is 0 Å². The van der Waals surface area contributed by atoms with Gasteiger partial charge in [-0.1, -0.05) is 19.1 Å². The van der Waals surface area contributed by atoms with E-state index in [0.717, 1.165) is 16.7 Å². The van der Waals surface area contributed by atoms with Crippen LogP contribution >= 0.6 is 24.0 Å². The molecule has 0 aromatic carbocycles. The summed E-state index contributed by atoms with van der Waals surface area (Å²) in [7, 11) is 3.40. The largest absolute Gasteiger partial charge is 0.134 e. The zero-order valence-corrected chi connectivity index (χ0v) is 8.94. The van der Waals surface area contributed by atoms with Crippen molar-refractivity contribution in [1.82, 2.24) is 0 Å². The summed E-state index contributed by atoms with van der Waals surface area (Å²) in [6.07, 6.45) is 3.13. The fourth-order valence-corrected chi connectivity index (χ4v) is 1.99. The summed E-state index contributed by atoms with van der Waals surface area (Å²) in [5.41, 5.74) is 0. The van der Waals surface area contributed by atoms with E-state index in [2.05, 4.69) is 23.2 Å². The lowest BCUT2D eigenvalue weighted by molar-refractivity contribution is 1.20. The van der Waals surface area contributed by atoms with Crippen molar-refractivity contribution in [2.24, 2.45) is 0 Å². The number of hydrogen-bond acceptors (Lipinski definition) is 2. The van der Waals surface area contributed by atoms with Gasteiger partial charge in [0.05, 0.1) is 0 Å². The standard InChI is InChI=1S/C7H11S2Si/c1-3-7(9-5-10)4-6(2)8/h4H,3,5H2,1-2H3/b7-4-. The van der Waals surface area contributed by atoms with E-state index in [4.69, 9.17) is 12.2 Å². The van der Waals surface area contributed by atoms with Crippen LogP contribution in [-0.4, -0.2) is 20.5 Å². The number of rotatable bonds is 4. The Balaban J connectivity index is 3.91. The third kappa shape index (κ3) is 5.20. The van der Waals surface area contributed by atoms with Gasteiger partial charge in [-0.15, -0.1) is 11.8 Å². The van der Waals surface area contributed by atoms with Gasteiger partial charge in [-0.3, -0.25) is 0 Å². The van der Waals surface area contributed by atoms with E-state index in [-0.39, 0.29) is 0 Å². The summed E-state index contributed by atoms with van der Waals surface area (Å²) >= 11 is 6.74. The SMILES string of the molecule is CC/C(=C/C(C)=S)SC[Si]. The molecule has 0 saturated heterocycles. The van der Waals surface area contributed by atoms with Crippen LogP contribution in [0.4, 0.5) is 0 Å². The average molecular weight is 187 g/mol. The summed E-state index contributed by atoms with van der Waals surface area (Å²) in [5.74, 6) is 0. The molecule has 0 heterocycles. The van der Waals surface area contributed by atoms with E-state index in [1.807, 2.05) is 6.92 Å². The molecular weight excluding hydrogens is 176 g/mol. The molecule has 0 unspecified atom stereocenters. The van der Waals surface area contributed by atoms with E-state index >= 15 is 0 Å². The number of allylic oxidation sites excluding steroid dienone is 2. The Morgan fingerprint density at radius 1 is 1.70 bits per heavy atom.